The molecular weight excluding hydrogens is 262 g/mol. The third-order valence-electron chi connectivity index (χ3n) is 2.54. The van der Waals surface area contributed by atoms with Gasteiger partial charge in [0.05, 0.1) is 0 Å². The Morgan fingerprint density at radius 2 is 2.06 bits per heavy atom. The van der Waals surface area contributed by atoms with Crippen LogP contribution in [0.15, 0.2) is 18.2 Å². The van der Waals surface area contributed by atoms with Crippen LogP contribution in [0.25, 0.3) is 0 Å². The number of rotatable bonds is 6. The Labute approximate surface area is 105 Å². The van der Waals surface area contributed by atoms with Gasteiger partial charge in [0.25, 0.3) is 0 Å². The molecule has 0 radical (unpaired) electrons. The molecule has 0 heterocycles. The molecule has 0 aliphatic carbocycles. The van der Waals surface area contributed by atoms with Gasteiger partial charge >= 0.3 is 0 Å². The highest BCUT2D eigenvalue weighted by Gasteiger charge is 2.16. The molecule has 18 heavy (non-hydrogen) atoms. The van der Waals surface area contributed by atoms with Crippen LogP contribution >= 0.6 is 0 Å². The van der Waals surface area contributed by atoms with Gasteiger partial charge in [0.15, 0.2) is 0 Å². The number of halogens is 2. The molecule has 4 nitrogen and oxygen atoms in total. The van der Waals surface area contributed by atoms with Gasteiger partial charge in [0, 0.05) is 23.6 Å². The van der Waals surface area contributed by atoms with Crippen LogP contribution in [-0.4, -0.2) is 20.4 Å². The summed E-state index contributed by atoms with van der Waals surface area (Å²) >= 11 is 0. The van der Waals surface area contributed by atoms with Gasteiger partial charge in [-0.25, -0.2) is 17.2 Å². The Hall–Kier alpha value is -1.05. The molecule has 0 amide bonds. The Balaban J connectivity index is 2.74. The number of hydrogen-bond acceptors (Lipinski definition) is 4. The van der Waals surface area contributed by atoms with Crippen molar-refractivity contribution in [2.45, 2.75) is 18.9 Å². The van der Waals surface area contributed by atoms with Gasteiger partial charge in [-0.1, -0.05) is 0 Å². The smallest absolute Gasteiger partial charge is 0.147 e. The predicted molar refractivity (Wildman–Crippen MR) is 65.4 cm³/mol. The van der Waals surface area contributed by atoms with Crippen LogP contribution in [0.2, 0.25) is 0 Å². The van der Waals surface area contributed by atoms with Crippen LogP contribution in [0.4, 0.5) is 8.78 Å². The molecule has 0 aliphatic heterocycles. The molecule has 0 saturated heterocycles. The van der Waals surface area contributed by atoms with Crippen LogP contribution in [-0.2, 0) is 9.84 Å². The van der Waals surface area contributed by atoms with Crippen molar-refractivity contribution >= 4 is 9.84 Å². The van der Waals surface area contributed by atoms with E-state index in [1.807, 2.05) is 0 Å². The van der Waals surface area contributed by atoms with Gasteiger partial charge in [0.1, 0.15) is 21.5 Å². The number of sulfone groups is 1. The van der Waals surface area contributed by atoms with E-state index in [2.05, 4.69) is 5.43 Å². The SMILES string of the molecule is CS(=O)(=O)CCCC(NN)c1cc(F)ccc1F. The monoisotopic (exact) mass is 278 g/mol. The molecule has 0 saturated carbocycles. The van der Waals surface area contributed by atoms with Crippen LogP contribution in [0.5, 0.6) is 0 Å². The predicted octanol–water partition coefficient (Wildman–Crippen LogP) is 1.29. The highest BCUT2D eigenvalue weighted by Crippen LogP contribution is 2.22. The molecule has 1 atom stereocenters. The average molecular weight is 278 g/mol. The van der Waals surface area contributed by atoms with E-state index in [1.54, 1.807) is 0 Å². The van der Waals surface area contributed by atoms with Crippen molar-refractivity contribution in [3.05, 3.63) is 35.4 Å². The van der Waals surface area contributed by atoms with E-state index >= 15 is 0 Å². The fourth-order valence-corrected chi connectivity index (χ4v) is 2.35. The molecule has 1 aromatic rings. The third kappa shape index (κ3) is 4.67. The van der Waals surface area contributed by atoms with Gasteiger partial charge in [-0.2, -0.15) is 0 Å². The lowest BCUT2D eigenvalue weighted by Crippen LogP contribution is -2.29. The van der Waals surface area contributed by atoms with Crippen molar-refractivity contribution in [2.24, 2.45) is 5.84 Å². The number of nitrogens with two attached hydrogens (primary N) is 1. The lowest BCUT2D eigenvalue weighted by atomic mass is 10.0. The van der Waals surface area contributed by atoms with Crippen molar-refractivity contribution < 1.29 is 17.2 Å². The molecular formula is C11H16F2N2O2S. The van der Waals surface area contributed by atoms with Crippen LogP contribution in [0.3, 0.4) is 0 Å². The summed E-state index contributed by atoms with van der Waals surface area (Å²) in [4.78, 5) is 0. The highest BCUT2D eigenvalue weighted by molar-refractivity contribution is 7.90. The second kappa shape index (κ2) is 6.21. The topological polar surface area (TPSA) is 72.2 Å². The first kappa shape index (κ1) is 15.0. The van der Waals surface area contributed by atoms with E-state index in [1.165, 1.54) is 0 Å². The molecule has 0 aliphatic rings. The van der Waals surface area contributed by atoms with E-state index in [-0.39, 0.29) is 11.3 Å². The maximum absolute atomic E-state index is 13.5. The summed E-state index contributed by atoms with van der Waals surface area (Å²) in [5, 5.41) is 0. The van der Waals surface area contributed by atoms with Gasteiger partial charge in [0.2, 0.25) is 0 Å². The summed E-state index contributed by atoms with van der Waals surface area (Å²) in [7, 11) is -3.06. The highest BCUT2D eigenvalue weighted by atomic mass is 32.2. The Morgan fingerprint density at radius 3 is 2.61 bits per heavy atom. The van der Waals surface area contributed by atoms with Crippen molar-refractivity contribution in [3.63, 3.8) is 0 Å². The van der Waals surface area contributed by atoms with Crippen LogP contribution in [0.1, 0.15) is 24.4 Å². The third-order valence-corrected chi connectivity index (χ3v) is 3.57. The lowest BCUT2D eigenvalue weighted by molar-refractivity contribution is 0.474. The van der Waals surface area contributed by atoms with E-state index in [0.717, 1.165) is 24.5 Å². The lowest BCUT2D eigenvalue weighted by Gasteiger charge is -2.16. The number of benzene rings is 1. The Morgan fingerprint density at radius 1 is 1.39 bits per heavy atom. The molecule has 0 spiro atoms. The fourth-order valence-electron chi connectivity index (χ4n) is 1.66. The Kier molecular flexibility index (Phi) is 5.18. The minimum Gasteiger partial charge on any atom is -0.271 e. The van der Waals surface area contributed by atoms with Gasteiger partial charge in [-0.05, 0) is 31.0 Å². The normalized spacial score (nSPS) is 13.6. The molecule has 7 heteroatoms. The van der Waals surface area contributed by atoms with Gasteiger partial charge in [-0.15, -0.1) is 0 Å². The van der Waals surface area contributed by atoms with E-state index in [9.17, 15) is 17.2 Å². The van der Waals surface area contributed by atoms with Gasteiger partial charge < -0.3 is 0 Å². The van der Waals surface area contributed by atoms with E-state index in [4.69, 9.17) is 5.84 Å². The first-order valence-electron chi connectivity index (χ1n) is 5.42. The maximum Gasteiger partial charge on any atom is 0.147 e. The summed E-state index contributed by atoms with van der Waals surface area (Å²) in [6.45, 7) is 0. The minimum atomic E-state index is -3.06. The van der Waals surface area contributed by atoms with Crippen LogP contribution < -0.4 is 11.3 Å². The second-order valence-corrected chi connectivity index (χ2v) is 6.42. The fraction of sp³-hybridized carbons (Fsp3) is 0.455. The van der Waals surface area contributed by atoms with Gasteiger partial charge in [-0.3, -0.25) is 11.3 Å². The molecule has 102 valence electrons. The largest absolute Gasteiger partial charge is 0.271 e. The number of hydrogen-bond donors (Lipinski definition) is 2. The Bertz CT molecular complexity index is 506. The van der Waals surface area contributed by atoms with Crippen LogP contribution in [0, 0.1) is 11.6 Å². The molecule has 0 bridgehead atoms. The number of nitrogens with one attached hydrogen (secondary N) is 1. The molecule has 0 fully saturated rings. The first-order chi connectivity index (χ1) is 8.33. The zero-order chi connectivity index (χ0) is 13.8. The average Bonchev–Trinajstić information content (AvgIpc) is 2.27. The van der Waals surface area contributed by atoms with Crippen molar-refractivity contribution in [1.29, 1.82) is 0 Å². The standard InChI is InChI=1S/C11H16F2N2O2S/c1-18(16,17)6-2-3-11(15-14)9-7-8(12)4-5-10(9)13/h4-5,7,11,15H,2-3,6,14H2,1H3. The van der Waals surface area contributed by atoms with E-state index in [0.29, 0.717) is 12.8 Å². The quantitative estimate of drug-likeness (QED) is 0.607. The summed E-state index contributed by atoms with van der Waals surface area (Å²) in [6, 6.07) is 2.48. The molecule has 0 aromatic heterocycles. The summed E-state index contributed by atoms with van der Waals surface area (Å²) in [5.74, 6) is 4.14. The zero-order valence-electron chi connectivity index (χ0n) is 9.99. The zero-order valence-corrected chi connectivity index (χ0v) is 10.8. The minimum absolute atomic E-state index is 0.0118. The second-order valence-electron chi connectivity index (χ2n) is 4.16. The molecule has 1 aromatic carbocycles. The summed E-state index contributed by atoms with van der Waals surface area (Å²) < 4.78 is 48.5. The van der Waals surface area contributed by atoms with Crippen molar-refractivity contribution in [1.82, 2.24) is 5.43 Å². The van der Waals surface area contributed by atoms with E-state index < -0.39 is 27.5 Å². The van der Waals surface area contributed by atoms with Crippen molar-refractivity contribution in [3.8, 4) is 0 Å². The molecule has 3 N–H and O–H groups in total. The number of hydrazine groups is 1. The first-order valence-corrected chi connectivity index (χ1v) is 7.48. The summed E-state index contributed by atoms with van der Waals surface area (Å²) in [5.41, 5.74) is 2.47. The maximum atomic E-state index is 13.5. The molecule has 1 rings (SSSR count). The van der Waals surface area contributed by atoms with Crippen molar-refractivity contribution in [2.75, 3.05) is 12.0 Å². The summed E-state index contributed by atoms with van der Waals surface area (Å²) in [6.07, 6.45) is 1.76. The molecule has 1 unspecified atom stereocenters.